The van der Waals surface area contributed by atoms with Crippen LogP contribution in [0.2, 0.25) is 0 Å². The van der Waals surface area contributed by atoms with Crippen LogP contribution in [0.5, 0.6) is 0 Å². The highest BCUT2D eigenvalue weighted by Gasteiger charge is 2.30. The lowest BCUT2D eigenvalue weighted by molar-refractivity contribution is -0.0649. The van der Waals surface area contributed by atoms with Crippen molar-refractivity contribution in [1.29, 1.82) is 0 Å². The molecule has 1 atom stereocenters. The summed E-state index contributed by atoms with van der Waals surface area (Å²) < 4.78 is 10.6. The van der Waals surface area contributed by atoms with Crippen LogP contribution in [0.3, 0.4) is 0 Å². The maximum atomic E-state index is 11.8. The van der Waals surface area contributed by atoms with Crippen LogP contribution in [0.4, 0.5) is 4.79 Å². The molecule has 15 heavy (non-hydrogen) atoms. The fourth-order valence-electron chi connectivity index (χ4n) is 1.68. The molecule has 4 nitrogen and oxygen atoms in total. The Hall–Kier alpha value is -0.770. The number of likely N-dealkylation sites (tertiary alicyclic amines) is 1. The van der Waals surface area contributed by atoms with E-state index in [2.05, 4.69) is 0 Å². The number of carbonyl (C=O) groups is 1. The summed E-state index contributed by atoms with van der Waals surface area (Å²) in [5, 5.41) is 0. The number of ether oxygens (including phenoxy) is 2. The monoisotopic (exact) mass is 215 g/mol. The Morgan fingerprint density at radius 1 is 1.33 bits per heavy atom. The molecule has 0 aromatic heterocycles. The van der Waals surface area contributed by atoms with Gasteiger partial charge >= 0.3 is 6.09 Å². The van der Waals surface area contributed by atoms with Gasteiger partial charge in [0.25, 0.3) is 0 Å². The number of nitrogens with zero attached hydrogens (tertiary/aromatic N) is 1. The van der Waals surface area contributed by atoms with Crippen LogP contribution >= 0.6 is 0 Å². The Morgan fingerprint density at radius 2 is 2.00 bits per heavy atom. The van der Waals surface area contributed by atoms with E-state index < -0.39 is 5.60 Å². The Kier molecular flexibility index (Phi) is 3.97. The standard InChI is InChI=1S/C11H21NO3/c1-11(2,3)15-10(13)12-8-6-5-7-9(12)14-4/h9H,5-8H2,1-4H3/t9-/m0/s1. The van der Waals surface area contributed by atoms with Gasteiger partial charge in [0, 0.05) is 13.7 Å². The van der Waals surface area contributed by atoms with Gasteiger partial charge < -0.3 is 9.47 Å². The molecule has 1 amide bonds. The molecule has 1 saturated heterocycles. The van der Waals surface area contributed by atoms with Crippen molar-refractivity contribution in [3.05, 3.63) is 0 Å². The fraction of sp³-hybridized carbons (Fsp3) is 0.909. The van der Waals surface area contributed by atoms with E-state index in [1.54, 1.807) is 12.0 Å². The third-order valence-corrected chi connectivity index (χ3v) is 2.35. The molecule has 4 heteroatoms. The van der Waals surface area contributed by atoms with Gasteiger partial charge in [-0.2, -0.15) is 0 Å². The van der Waals surface area contributed by atoms with Gasteiger partial charge in [0.15, 0.2) is 0 Å². The van der Waals surface area contributed by atoms with E-state index in [9.17, 15) is 4.79 Å². The Labute approximate surface area is 91.5 Å². The van der Waals surface area contributed by atoms with Crippen LogP contribution < -0.4 is 0 Å². The average Bonchev–Trinajstić information content (AvgIpc) is 2.15. The summed E-state index contributed by atoms with van der Waals surface area (Å²) in [6.45, 7) is 6.34. The molecule has 1 fully saturated rings. The van der Waals surface area contributed by atoms with Gasteiger partial charge in [-0.05, 0) is 40.0 Å². The van der Waals surface area contributed by atoms with Crippen molar-refractivity contribution in [2.45, 2.75) is 51.9 Å². The molecule has 0 N–H and O–H groups in total. The first-order valence-corrected chi connectivity index (χ1v) is 5.46. The number of rotatable bonds is 1. The molecule has 1 heterocycles. The van der Waals surface area contributed by atoms with Gasteiger partial charge in [-0.25, -0.2) is 4.79 Å². The Morgan fingerprint density at radius 3 is 2.53 bits per heavy atom. The molecule has 0 aromatic rings. The topological polar surface area (TPSA) is 38.8 Å². The van der Waals surface area contributed by atoms with Crippen LogP contribution in [0, 0.1) is 0 Å². The zero-order chi connectivity index (χ0) is 11.5. The number of methoxy groups -OCH3 is 1. The second-order valence-corrected chi connectivity index (χ2v) is 4.86. The Balaban J connectivity index is 2.56. The van der Waals surface area contributed by atoms with Crippen molar-refractivity contribution in [3.8, 4) is 0 Å². The smallest absolute Gasteiger partial charge is 0.412 e. The number of hydrogen-bond acceptors (Lipinski definition) is 3. The minimum atomic E-state index is -0.438. The normalized spacial score (nSPS) is 22.7. The first kappa shape index (κ1) is 12.3. The molecular weight excluding hydrogens is 194 g/mol. The van der Waals surface area contributed by atoms with E-state index in [0.717, 1.165) is 25.8 Å². The average molecular weight is 215 g/mol. The molecule has 0 spiro atoms. The molecule has 88 valence electrons. The lowest BCUT2D eigenvalue weighted by atomic mass is 10.1. The van der Waals surface area contributed by atoms with Crippen LogP contribution in [0.15, 0.2) is 0 Å². The number of piperidine rings is 1. The van der Waals surface area contributed by atoms with Crippen LogP contribution in [0.25, 0.3) is 0 Å². The van der Waals surface area contributed by atoms with Gasteiger partial charge in [0.1, 0.15) is 11.8 Å². The summed E-state index contributed by atoms with van der Waals surface area (Å²) in [6, 6.07) is 0. The molecule has 0 bridgehead atoms. The Bertz CT molecular complexity index is 222. The first-order valence-electron chi connectivity index (χ1n) is 5.46. The van der Waals surface area contributed by atoms with E-state index >= 15 is 0 Å². The minimum absolute atomic E-state index is 0.117. The van der Waals surface area contributed by atoms with Crippen molar-refractivity contribution in [2.24, 2.45) is 0 Å². The molecular formula is C11H21NO3. The lowest BCUT2D eigenvalue weighted by Gasteiger charge is -2.35. The highest BCUT2D eigenvalue weighted by molar-refractivity contribution is 5.68. The van der Waals surface area contributed by atoms with Gasteiger partial charge in [0.05, 0.1) is 0 Å². The third-order valence-electron chi connectivity index (χ3n) is 2.35. The maximum absolute atomic E-state index is 11.8. The van der Waals surface area contributed by atoms with E-state index in [1.807, 2.05) is 20.8 Å². The molecule has 0 aliphatic carbocycles. The third kappa shape index (κ3) is 3.70. The first-order chi connectivity index (χ1) is 6.94. The zero-order valence-corrected chi connectivity index (χ0v) is 10.1. The summed E-state index contributed by atoms with van der Waals surface area (Å²) in [7, 11) is 1.63. The molecule has 1 aliphatic heterocycles. The summed E-state index contributed by atoms with van der Waals surface area (Å²) in [5.41, 5.74) is -0.438. The van der Waals surface area contributed by atoms with Crippen LogP contribution in [-0.4, -0.2) is 36.5 Å². The number of carbonyl (C=O) groups excluding carboxylic acids is 1. The largest absolute Gasteiger partial charge is 0.444 e. The second kappa shape index (κ2) is 4.84. The molecule has 1 rings (SSSR count). The van der Waals surface area contributed by atoms with Gasteiger partial charge in [0.2, 0.25) is 0 Å². The van der Waals surface area contributed by atoms with Gasteiger partial charge in [-0.3, -0.25) is 4.90 Å². The van der Waals surface area contributed by atoms with Crippen molar-refractivity contribution in [2.75, 3.05) is 13.7 Å². The number of amides is 1. The highest BCUT2D eigenvalue weighted by atomic mass is 16.6. The van der Waals surface area contributed by atoms with E-state index in [0.29, 0.717) is 0 Å². The van der Waals surface area contributed by atoms with Crippen LogP contribution in [-0.2, 0) is 9.47 Å². The number of hydrogen-bond donors (Lipinski definition) is 0. The van der Waals surface area contributed by atoms with Gasteiger partial charge in [-0.1, -0.05) is 0 Å². The summed E-state index contributed by atoms with van der Waals surface area (Å²) in [4.78, 5) is 13.5. The summed E-state index contributed by atoms with van der Waals surface area (Å²) in [5.74, 6) is 0. The molecule has 0 aromatic carbocycles. The van der Waals surface area contributed by atoms with E-state index in [4.69, 9.17) is 9.47 Å². The quantitative estimate of drug-likeness (QED) is 0.674. The van der Waals surface area contributed by atoms with Crippen molar-refractivity contribution >= 4 is 6.09 Å². The predicted octanol–water partition coefficient (Wildman–Crippen LogP) is 2.38. The van der Waals surface area contributed by atoms with Crippen molar-refractivity contribution < 1.29 is 14.3 Å². The van der Waals surface area contributed by atoms with Crippen molar-refractivity contribution in [1.82, 2.24) is 4.90 Å². The second-order valence-electron chi connectivity index (χ2n) is 4.86. The molecule has 0 unspecified atom stereocenters. The summed E-state index contributed by atoms with van der Waals surface area (Å²) in [6.07, 6.45) is 2.65. The highest BCUT2D eigenvalue weighted by Crippen LogP contribution is 2.20. The molecule has 1 aliphatic rings. The fourth-order valence-corrected chi connectivity index (χ4v) is 1.68. The maximum Gasteiger partial charge on any atom is 0.412 e. The predicted molar refractivity (Wildman–Crippen MR) is 57.6 cm³/mol. The van der Waals surface area contributed by atoms with E-state index in [-0.39, 0.29) is 12.3 Å². The summed E-state index contributed by atoms with van der Waals surface area (Å²) >= 11 is 0. The molecule has 0 radical (unpaired) electrons. The lowest BCUT2D eigenvalue weighted by Crippen LogP contribution is -2.46. The zero-order valence-electron chi connectivity index (χ0n) is 10.1. The SMILES string of the molecule is CO[C@H]1CCCCN1C(=O)OC(C)(C)C. The van der Waals surface area contributed by atoms with E-state index in [1.165, 1.54) is 0 Å². The van der Waals surface area contributed by atoms with Gasteiger partial charge in [-0.15, -0.1) is 0 Å². The minimum Gasteiger partial charge on any atom is -0.444 e. The van der Waals surface area contributed by atoms with Crippen molar-refractivity contribution in [3.63, 3.8) is 0 Å². The molecule has 0 saturated carbocycles. The van der Waals surface area contributed by atoms with Crippen LogP contribution in [0.1, 0.15) is 40.0 Å².